The lowest BCUT2D eigenvalue weighted by Gasteiger charge is -2.35. The summed E-state index contributed by atoms with van der Waals surface area (Å²) in [6.07, 6.45) is 4.92. The zero-order valence-corrected chi connectivity index (χ0v) is 16.5. The largest absolute Gasteiger partial charge is 0.459 e. The maximum Gasteiger partial charge on any atom is 0.288 e. The van der Waals surface area contributed by atoms with E-state index in [0.29, 0.717) is 24.2 Å². The molecule has 152 valence electrons. The number of likely N-dealkylation sites (N-methyl/N-ethyl adjacent to an activating group) is 1. The molecule has 2 fully saturated rings. The van der Waals surface area contributed by atoms with E-state index in [-0.39, 0.29) is 18.8 Å². The number of hydrogen-bond acceptors (Lipinski definition) is 5. The van der Waals surface area contributed by atoms with Crippen molar-refractivity contribution in [3.63, 3.8) is 0 Å². The Kier molecular flexibility index (Phi) is 5.99. The van der Waals surface area contributed by atoms with Crippen molar-refractivity contribution in [3.05, 3.63) is 47.2 Å². The van der Waals surface area contributed by atoms with Crippen LogP contribution in [0.15, 0.2) is 36.1 Å². The summed E-state index contributed by atoms with van der Waals surface area (Å²) < 4.78 is 12.0. The molecule has 0 aromatic heterocycles. The highest BCUT2D eigenvalue weighted by Crippen LogP contribution is 2.43. The smallest absolute Gasteiger partial charge is 0.288 e. The number of aliphatic hydroxyl groups excluding tert-OH is 1. The second kappa shape index (κ2) is 8.64. The molecule has 3 aliphatic rings. The molecule has 1 aliphatic carbocycles. The Morgan fingerprint density at radius 3 is 2.46 bits per heavy atom. The lowest BCUT2D eigenvalue weighted by molar-refractivity contribution is -0.160. The molecule has 0 unspecified atom stereocenters. The normalized spacial score (nSPS) is 25.9. The van der Waals surface area contributed by atoms with Crippen LogP contribution < -0.4 is 0 Å². The minimum atomic E-state index is -0.389. The number of aliphatic hydroxyl groups is 1. The average Bonchev–Trinajstić information content (AvgIpc) is 3.58. The van der Waals surface area contributed by atoms with Gasteiger partial charge in [-0.2, -0.15) is 0 Å². The van der Waals surface area contributed by atoms with Crippen molar-refractivity contribution in [1.29, 1.82) is 0 Å². The van der Waals surface area contributed by atoms with Gasteiger partial charge in [0, 0.05) is 32.6 Å². The van der Waals surface area contributed by atoms with Crippen LogP contribution in [0.4, 0.5) is 0 Å². The molecule has 1 aromatic rings. The topological polar surface area (TPSA) is 62.2 Å². The Hall–Kier alpha value is -1.89. The van der Waals surface area contributed by atoms with Crippen LogP contribution in [0.25, 0.3) is 0 Å². The Morgan fingerprint density at radius 1 is 1.14 bits per heavy atom. The van der Waals surface area contributed by atoms with E-state index in [4.69, 9.17) is 14.6 Å². The van der Waals surface area contributed by atoms with Crippen molar-refractivity contribution in [3.8, 4) is 0 Å². The van der Waals surface area contributed by atoms with Gasteiger partial charge in [0.25, 0.3) is 5.91 Å². The van der Waals surface area contributed by atoms with E-state index in [0.717, 1.165) is 43.7 Å². The van der Waals surface area contributed by atoms with Crippen LogP contribution in [0, 0.1) is 11.8 Å². The van der Waals surface area contributed by atoms with E-state index in [2.05, 4.69) is 11.9 Å². The lowest BCUT2D eigenvalue weighted by atomic mass is 9.96. The van der Waals surface area contributed by atoms with Crippen molar-refractivity contribution in [1.82, 2.24) is 9.80 Å². The number of ether oxygens (including phenoxy) is 2. The third kappa shape index (κ3) is 4.74. The number of benzene rings is 1. The van der Waals surface area contributed by atoms with Gasteiger partial charge in [-0.3, -0.25) is 4.79 Å². The number of piperazine rings is 1. The predicted molar refractivity (Wildman–Crippen MR) is 105 cm³/mol. The number of carbonyl (C=O) groups excluding carboxylic acids is 1. The van der Waals surface area contributed by atoms with E-state index in [1.54, 1.807) is 0 Å². The summed E-state index contributed by atoms with van der Waals surface area (Å²) in [6.45, 7) is 3.76. The summed E-state index contributed by atoms with van der Waals surface area (Å²) in [7, 11) is 2.08. The van der Waals surface area contributed by atoms with Crippen LogP contribution in [0.5, 0.6) is 0 Å². The molecular weight excluding hydrogens is 356 g/mol. The molecule has 1 amide bonds. The summed E-state index contributed by atoms with van der Waals surface area (Å²) in [5, 5.41) is 9.16. The Balaban J connectivity index is 1.38. The molecule has 1 saturated carbocycles. The second-order valence-electron chi connectivity index (χ2n) is 8.20. The van der Waals surface area contributed by atoms with E-state index in [1.165, 1.54) is 12.8 Å². The molecule has 28 heavy (non-hydrogen) atoms. The van der Waals surface area contributed by atoms with Gasteiger partial charge in [-0.05, 0) is 48.9 Å². The van der Waals surface area contributed by atoms with Gasteiger partial charge in [0.2, 0.25) is 6.29 Å². The van der Waals surface area contributed by atoms with Gasteiger partial charge in [-0.15, -0.1) is 0 Å². The van der Waals surface area contributed by atoms with E-state index in [1.807, 2.05) is 35.2 Å². The molecule has 6 heteroatoms. The maximum atomic E-state index is 13.0. The summed E-state index contributed by atoms with van der Waals surface area (Å²) in [6, 6.07) is 7.71. The van der Waals surface area contributed by atoms with Crippen LogP contribution >= 0.6 is 0 Å². The second-order valence-corrected chi connectivity index (χ2v) is 8.20. The zero-order chi connectivity index (χ0) is 19.5. The summed E-state index contributed by atoms with van der Waals surface area (Å²) in [4.78, 5) is 17.1. The number of nitrogens with zero attached hydrogens (tertiary/aromatic N) is 2. The monoisotopic (exact) mass is 386 g/mol. The van der Waals surface area contributed by atoms with Gasteiger partial charge in [-0.1, -0.05) is 24.3 Å². The van der Waals surface area contributed by atoms with Crippen molar-refractivity contribution >= 4 is 5.91 Å². The molecule has 6 nitrogen and oxygen atoms in total. The predicted octanol–water partition coefficient (Wildman–Crippen LogP) is 2.13. The Morgan fingerprint density at radius 2 is 1.82 bits per heavy atom. The van der Waals surface area contributed by atoms with Crippen molar-refractivity contribution in [2.24, 2.45) is 11.8 Å². The number of allylic oxidation sites excluding steroid dienone is 1. The fourth-order valence-electron chi connectivity index (χ4n) is 3.89. The van der Waals surface area contributed by atoms with Gasteiger partial charge >= 0.3 is 0 Å². The first-order valence-corrected chi connectivity index (χ1v) is 10.3. The van der Waals surface area contributed by atoms with Gasteiger partial charge < -0.3 is 24.4 Å². The number of amides is 1. The van der Waals surface area contributed by atoms with E-state index < -0.39 is 0 Å². The third-order valence-corrected chi connectivity index (χ3v) is 5.96. The summed E-state index contributed by atoms with van der Waals surface area (Å²) in [5.41, 5.74) is 1.92. The van der Waals surface area contributed by atoms with Gasteiger partial charge in [-0.25, -0.2) is 0 Å². The van der Waals surface area contributed by atoms with Gasteiger partial charge in [0.1, 0.15) is 0 Å². The molecule has 0 spiro atoms. The van der Waals surface area contributed by atoms with Crippen molar-refractivity contribution in [2.45, 2.75) is 38.8 Å². The quantitative estimate of drug-likeness (QED) is 0.812. The minimum Gasteiger partial charge on any atom is -0.459 e. The lowest BCUT2D eigenvalue weighted by Crippen LogP contribution is -2.48. The fraction of sp³-hybridized carbons (Fsp3) is 0.591. The SMILES string of the molecule is CN1CCN(C(=O)C2=C[C@@H](C3CC3)C[C@@H](OCc3ccc(CO)cc3)O2)CC1. The molecule has 2 atom stereocenters. The van der Waals surface area contributed by atoms with Crippen LogP contribution in [0.2, 0.25) is 0 Å². The molecular formula is C22H30N2O4. The molecule has 2 heterocycles. The number of carbonyl (C=O) groups is 1. The molecule has 0 bridgehead atoms. The Bertz CT molecular complexity index is 706. The zero-order valence-electron chi connectivity index (χ0n) is 16.5. The minimum absolute atomic E-state index is 0.000603. The molecule has 0 radical (unpaired) electrons. The Labute approximate surface area is 166 Å². The third-order valence-electron chi connectivity index (χ3n) is 5.96. The van der Waals surface area contributed by atoms with E-state index >= 15 is 0 Å². The first-order valence-electron chi connectivity index (χ1n) is 10.3. The van der Waals surface area contributed by atoms with Crippen molar-refractivity contribution in [2.75, 3.05) is 33.2 Å². The van der Waals surface area contributed by atoms with Crippen LogP contribution in [0.3, 0.4) is 0 Å². The number of hydrogen-bond donors (Lipinski definition) is 1. The van der Waals surface area contributed by atoms with Crippen molar-refractivity contribution < 1.29 is 19.4 Å². The molecule has 1 saturated heterocycles. The highest BCUT2D eigenvalue weighted by Gasteiger charge is 2.38. The number of rotatable bonds is 6. The van der Waals surface area contributed by atoms with E-state index in [9.17, 15) is 4.79 Å². The first-order chi connectivity index (χ1) is 13.6. The molecule has 1 aromatic carbocycles. The van der Waals surface area contributed by atoms with Crippen LogP contribution in [-0.2, 0) is 27.5 Å². The average molecular weight is 386 g/mol. The maximum absolute atomic E-state index is 13.0. The van der Waals surface area contributed by atoms with Crippen LogP contribution in [-0.4, -0.2) is 60.3 Å². The summed E-state index contributed by atoms with van der Waals surface area (Å²) in [5.74, 6) is 1.49. The summed E-state index contributed by atoms with van der Waals surface area (Å²) >= 11 is 0. The van der Waals surface area contributed by atoms with Gasteiger partial charge in [0.05, 0.1) is 13.2 Å². The molecule has 4 rings (SSSR count). The highest BCUT2D eigenvalue weighted by atomic mass is 16.7. The van der Waals surface area contributed by atoms with Crippen LogP contribution in [0.1, 0.15) is 30.4 Å². The first kappa shape index (κ1) is 19.4. The standard InChI is InChI=1S/C22H30N2O4/c1-23-8-10-24(11-9-23)22(26)20-12-19(18-6-7-18)13-21(28-20)27-15-17-4-2-16(14-25)3-5-17/h2-5,12,18-19,21,25H,6-11,13-15H2,1H3/t19-,21+/m1/s1. The molecule has 2 aliphatic heterocycles. The fourth-order valence-corrected chi connectivity index (χ4v) is 3.89. The molecule has 1 N–H and O–H groups in total. The van der Waals surface area contributed by atoms with Gasteiger partial charge in [0.15, 0.2) is 5.76 Å². The highest BCUT2D eigenvalue weighted by molar-refractivity contribution is 5.91.